The third-order valence-corrected chi connectivity index (χ3v) is 2.84. The van der Waals surface area contributed by atoms with Crippen LogP contribution in [-0.2, 0) is 17.6 Å². The molecule has 1 heterocycles. The van der Waals surface area contributed by atoms with Crippen molar-refractivity contribution in [2.24, 2.45) is 0 Å². The van der Waals surface area contributed by atoms with Gasteiger partial charge in [-0.25, -0.2) is 0 Å². The van der Waals surface area contributed by atoms with Gasteiger partial charge in [-0.3, -0.25) is 4.79 Å². The van der Waals surface area contributed by atoms with E-state index in [1.54, 1.807) is 18.4 Å². The van der Waals surface area contributed by atoms with E-state index in [1.807, 2.05) is 31.2 Å². The Hall–Kier alpha value is -2.23. The van der Waals surface area contributed by atoms with Crippen molar-refractivity contribution >= 4 is 11.6 Å². The molecule has 0 radical (unpaired) electrons. The maximum Gasteiger partial charge on any atom is 0.224 e. The lowest BCUT2D eigenvalue weighted by Crippen LogP contribution is -2.35. The predicted octanol–water partition coefficient (Wildman–Crippen LogP) is 2.15. The molecule has 3 N–H and O–H groups in total. The largest absolute Gasteiger partial charge is 0.469 e. The van der Waals surface area contributed by atoms with Gasteiger partial charge in [-0.1, -0.05) is 12.1 Å². The standard InChI is InChI=1S/C15H18N2O2/c1-11(9-14-3-2-8-19-14)17-15(18)10-12-4-6-13(16)7-5-12/h2-8,11H,9-10,16H2,1H3,(H,17,18). The summed E-state index contributed by atoms with van der Waals surface area (Å²) in [5, 5.41) is 2.95. The third kappa shape index (κ3) is 4.17. The normalized spacial score (nSPS) is 12.1. The van der Waals surface area contributed by atoms with Crippen molar-refractivity contribution in [3.8, 4) is 0 Å². The fraction of sp³-hybridized carbons (Fsp3) is 0.267. The summed E-state index contributed by atoms with van der Waals surface area (Å²) in [6.07, 6.45) is 2.70. The number of hydrogen-bond acceptors (Lipinski definition) is 3. The van der Waals surface area contributed by atoms with Crippen LogP contribution >= 0.6 is 0 Å². The highest BCUT2D eigenvalue weighted by Crippen LogP contribution is 2.07. The van der Waals surface area contributed by atoms with E-state index in [9.17, 15) is 4.79 Å². The maximum absolute atomic E-state index is 11.9. The highest BCUT2D eigenvalue weighted by atomic mass is 16.3. The summed E-state index contributed by atoms with van der Waals surface area (Å²) < 4.78 is 5.25. The number of carbonyl (C=O) groups is 1. The van der Waals surface area contributed by atoms with E-state index in [0.717, 1.165) is 11.3 Å². The number of hydrogen-bond donors (Lipinski definition) is 2. The lowest BCUT2D eigenvalue weighted by Gasteiger charge is -2.12. The van der Waals surface area contributed by atoms with Gasteiger partial charge in [0, 0.05) is 18.2 Å². The van der Waals surface area contributed by atoms with Gasteiger partial charge < -0.3 is 15.5 Å². The summed E-state index contributed by atoms with van der Waals surface area (Å²) in [7, 11) is 0. The van der Waals surface area contributed by atoms with E-state index in [1.165, 1.54) is 0 Å². The first-order valence-corrected chi connectivity index (χ1v) is 6.29. The van der Waals surface area contributed by atoms with Crippen LogP contribution in [0.5, 0.6) is 0 Å². The Morgan fingerprint density at radius 1 is 1.32 bits per heavy atom. The molecule has 0 saturated carbocycles. The Morgan fingerprint density at radius 2 is 2.05 bits per heavy atom. The minimum absolute atomic E-state index is 0.00354. The van der Waals surface area contributed by atoms with E-state index >= 15 is 0 Å². The molecule has 0 saturated heterocycles. The second-order valence-corrected chi connectivity index (χ2v) is 4.67. The number of nitrogens with two attached hydrogens (primary N) is 1. The van der Waals surface area contributed by atoms with Crippen molar-refractivity contribution in [2.45, 2.75) is 25.8 Å². The summed E-state index contributed by atoms with van der Waals surface area (Å²) in [6.45, 7) is 1.96. The predicted molar refractivity (Wildman–Crippen MR) is 74.6 cm³/mol. The van der Waals surface area contributed by atoms with Crippen LogP contribution in [0.1, 0.15) is 18.2 Å². The summed E-state index contributed by atoms with van der Waals surface area (Å²) in [4.78, 5) is 11.9. The Kier molecular flexibility index (Phi) is 4.23. The molecule has 0 aliphatic rings. The Morgan fingerprint density at radius 3 is 2.68 bits per heavy atom. The summed E-state index contributed by atoms with van der Waals surface area (Å²) >= 11 is 0. The van der Waals surface area contributed by atoms with Crippen molar-refractivity contribution in [1.29, 1.82) is 0 Å². The lowest BCUT2D eigenvalue weighted by molar-refractivity contribution is -0.121. The van der Waals surface area contributed by atoms with Crippen LogP contribution in [-0.4, -0.2) is 11.9 Å². The molecule has 19 heavy (non-hydrogen) atoms. The quantitative estimate of drug-likeness (QED) is 0.807. The zero-order chi connectivity index (χ0) is 13.7. The second-order valence-electron chi connectivity index (χ2n) is 4.67. The first-order chi connectivity index (χ1) is 9.13. The van der Waals surface area contributed by atoms with E-state index in [4.69, 9.17) is 10.2 Å². The first kappa shape index (κ1) is 13.2. The highest BCUT2D eigenvalue weighted by Gasteiger charge is 2.10. The van der Waals surface area contributed by atoms with Gasteiger partial charge in [0.1, 0.15) is 5.76 Å². The Labute approximate surface area is 112 Å². The molecule has 1 aromatic heterocycles. The van der Waals surface area contributed by atoms with E-state index in [-0.39, 0.29) is 11.9 Å². The molecule has 0 spiro atoms. The number of amides is 1. The summed E-state index contributed by atoms with van der Waals surface area (Å²) in [5.74, 6) is 0.879. The van der Waals surface area contributed by atoms with Gasteiger partial charge in [-0.05, 0) is 36.8 Å². The molecule has 2 aromatic rings. The number of furan rings is 1. The van der Waals surface area contributed by atoms with Crippen LogP contribution in [0.2, 0.25) is 0 Å². The zero-order valence-corrected chi connectivity index (χ0v) is 10.9. The highest BCUT2D eigenvalue weighted by molar-refractivity contribution is 5.78. The van der Waals surface area contributed by atoms with Gasteiger partial charge in [-0.15, -0.1) is 0 Å². The molecule has 4 heteroatoms. The van der Waals surface area contributed by atoms with E-state index in [2.05, 4.69) is 5.32 Å². The van der Waals surface area contributed by atoms with Gasteiger partial charge in [0.25, 0.3) is 0 Å². The van der Waals surface area contributed by atoms with Crippen molar-refractivity contribution in [3.05, 3.63) is 54.0 Å². The lowest BCUT2D eigenvalue weighted by atomic mass is 10.1. The van der Waals surface area contributed by atoms with Crippen LogP contribution in [0.4, 0.5) is 5.69 Å². The van der Waals surface area contributed by atoms with Crippen LogP contribution in [0.25, 0.3) is 0 Å². The molecular formula is C15H18N2O2. The molecule has 1 atom stereocenters. The number of nitrogen functional groups attached to an aromatic ring is 1. The fourth-order valence-corrected chi connectivity index (χ4v) is 1.93. The minimum Gasteiger partial charge on any atom is -0.469 e. The average Bonchev–Trinajstić information content (AvgIpc) is 2.84. The molecule has 1 aromatic carbocycles. The molecule has 0 fully saturated rings. The van der Waals surface area contributed by atoms with Gasteiger partial charge in [0.2, 0.25) is 5.91 Å². The zero-order valence-electron chi connectivity index (χ0n) is 10.9. The molecule has 2 rings (SSSR count). The molecular weight excluding hydrogens is 240 g/mol. The maximum atomic E-state index is 11.9. The topological polar surface area (TPSA) is 68.3 Å². The molecule has 0 aliphatic heterocycles. The number of anilines is 1. The number of nitrogens with one attached hydrogen (secondary N) is 1. The van der Waals surface area contributed by atoms with Crippen molar-refractivity contribution in [1.82, 2.24) is 5.32 Å². The molecule has 100 valence electrons. The summed E-state index contributed by atoms with van der Waals surface area (Å²) in [6, 6.07) is 11.1. The van der Waals surface area contributed by atoms with Crippen molar-refractivity contribution in [3.63, 3.8) is 0 Å². The molecule has 4 nitrogen and oxygen atoms in total. The SMILES string of the molecule is CC(Cc1ccco1)NC(=O)Cc1ccc(N)cc1. The van der Waals surface area contributed by atoms with Gasteiger partial charge in [0.05, 0.1) is 12.7 Å². The average molecular weight is 258 g/mol. The summed E-state index contributed by atoms with van der Waals surface area (Å²) in [5.41, 5.74) is 7.26. The van der Waals surface area contributed by atoms with Gasteiger partial charge in [0.15, 0.2) is 0 Å². The number of benzene rings is 1. The Balaban J connectivity index is 1.82. The first-order valence-electron chi connectivity index (χ1n) is 6.29. The van der Waals surface area contributed by atoms with Crippen LogP contribution in [0.15, 0.2) is 47.1 Å². The van der Waals surface area contributed by atoms with Gasteiger partial charge >= 0.3 is 0 Å². The number of carbonyl (C=O) groups excluding carboxylic acids is 1. The van der Waals surface area contributed by atoms with Crippen LogP contribution in [0.3, 0.4) is 0 Å². The fourth-order valence-electron chi connectivity index (χ4n) is 1.93. The Bertz CT molecular complexity index is 518. The van der Waals surface area contributed by atoms with E-state index < -0.39 is 0 Å². The second kappa shape index (κ2) is 6.09. The molecule has 0 bridgehead atoms. The van der Waals surface area contributed by atoms with E-state index in [0.29, 0.717) is 18.5 Å². The van der Waals surface area contributed by atoms with Gasteiger partial charge in [-0.2, -0.15) is 0 Å². The van der Waals surface area contributed by atoms with Crippen LogP contribution in [0, 0.1) is 0 Å². The monoisotopic (exact) mass is 258 g/mol. The van der Waals surface area contributed by atoms with Crippen molar-refractivity contribution < 1.29 is 9.21 Å². The molecule has 0 aliphatic carbocycles. The smallest absolute Gasteiger partial charge is 0.224 e. The molecule has 1 amide bonds. The van der Waals surface area contributed by atoms with Crippen molar-refractivity contribution in [2.75, 3.05) is 5.73 Å². The van der Waals surface area contributed by atoms with Crippen LogP contribution < -0.4 is 11.1 Å². The minimum atomic E-state index is 0.00354. The third-order valence-electron chi connectivity index (χ3n) is 2.84. The molecule has 1 unspecified atom stereocenters. The number of rotatable bonds is 5.